The average molecular weight is 287 g/mol. The zero-order valence-electron chi connectivity index (χ0n) is 10.7. The van der Waals surface area contributed by atoms with Crippen molar-refractivity contribution in [3.05, 3.63) is 35.9 Å². The number of hydrogen-bond donors (Lipinski definition) is 2. The van der Waals surface area contributed by atoms with Gasteiger partial charge in [0.2, 0.25) is 0 Å². The summed E-state index contributed by atoms with van der Waals surface area (Å²) in [5, 5.41) is 2.54. The number of amides is 2. The number of hydrogen-bond acceptors (Lipinski definition) is 2. The molecule has 0 unspecified atom stereocenters. The van der Waals surface area contributed by atoms with E-state index in [1.165, 1.54) is 4.90 Å². The fraction of sp³-hybridized carbons (Fsp3) is 0.462. The molecule has 0 saturated carbocycles. The number of nitrogens with two attached hydrogens (primary N) is 1. The number of rotatable bonds is 3. The first-order valence-electron chi connectivity index (χ1n) is 6.25. The van der Waals surface area contributed by atoms with Crippen LogP contribution < -0.4 is 11.1 Å². The van der Waals surface area contributed by atoms with Gasteiger partial charge in [0.15, 0.2) is 0 Å². The van der Waals surface area contributed by atoms with E-state index in [1.807, 2.05) is 30.3 Å². The Balaban J connectivity index is 2.13. The van der Waals surface area contributed by atoms with Gasteiger partial charge in [-0.3, -0.25) is 4.90 Å². The summed E-state index contributed by atoms with van der Waals surface area (Å²) < 4.78 is 37.4. The second-order valence-corrected chi connectivity index (χ2v) is 4.94. The molecule has 2 rings (SSSR count). The minimum Gasteiger partial charge on any atom is -0.352 e. The Morgan fingerprint density at radius 3 is 2.50 bits per heavy atom. The maximum absolute atomic E-state index is 12.5. The maximum atomic E-state index is 12.5. The van der Waals surface area contributed by atoms with Crippen LogP contribution in [0.15, 0.2) is 30.3 Å². The average Bonchev–Trinajstić information content (AvgIpc) is 2.69. The summed E-state index contributed by atoms with van der Waals surface area (Å²) in [5.41, 5.74) is 5.99. The van der Waals surface area contributed by atoms with Gasteiger partial charge in [-0.05, 0) is 5.56 Å². The molecule has 0 aliphatic carbocycles. The van der Waals surface area contributed by atoms with E-state index >= 15 is 0 Å². The highest BCUT2D eigenvalue weighted by molar-refractivity contribution is 5.72. The topological polar surface area (TPSA) is 58.4 Å². The number of carbonyl (C=O) groups excluding carboxylic acids is 1. The highest BCUT2D eigenvalue weighted by Gasteiger charge is 2.39. The largest absolute Gasteiger partial charge is 0.401 e. The molecular formula is C13H16F3N3O. The molecule has 1 saturated heterocycles. The molecule has 7 heteroatoms. The summed E-state index contributed by atoms with van der Waals surface area (Å²) in [5.74, 6) is -0.189. The van der Waals surface area contributed by atoms with Crippen LogP contribution in [0, 0.1) is 0 Å². The second-order valence-electron chi connectivity index (χ2n) is 4.94. The van der Waals surface area contributed by atoms with Gasteiger partial charge in [0, 0.05) is 19.0 Å². The molecule has 110 valence electrons. The third-order valence-corrected chi connectivity index (χ3v) is 3.35. The number of likely N-dealkylation sites (tertiary alicyclic amines) is 1. The third-order valence-electron chi connectivity index (χ3n) is 3.35. The van der Waals surface area contributed by atoms with E-state index in [0.29, 0.717) is 0 Å². The number of carbonyl (C=O) groups is 1. The van der Waals surface area contributed by atoms with Crippen LogP contribution in [0.5, 0.6) is 0 Å². The van der Waals surface area contributed by atoms with Crippen molar-refractivity contribution in [3.8, 4) is 0 Å². The summed E-state index contributed by atoms with van der Waals surface area (Å²) in [6.07, 6.45) is -4.25. The normalized spacial score (nSPS) is 23.8. The molecule has 1 aromatic rings. The minimum absolute atomic E-state index is 0.141. The number of alkyl halides is 3. The molecule has 0 radical (unpaired) electrons. The van der Waals surface area contributed by atoms with E-state index in [2.05, 4.69) is 5.32 Å². The van der Waals surface area contributed by atoms with E-state index in [1.54, 1.807) is 0 Å². The molecule has 0 spiro atoms. The number of primary amides is 1. The van der Waals surface area contributed by atoms with Crippen LogP contribution in [-0.2, 0) is 0 Å². The predicted octanol–water partition coefficient (Wildman–Crippen LogP) is 1.69. The van der Waals surface area contributed by atoms with E-state index in [4.69, 9.17) is 5.73 Å². The van der Waals surface area contributed by atoms with Crippen LogP contribution in [-0.4, -0.2) is 42.8 Å². The predicted molar refractivity (Wildman–Crippen MR) is 68.2 cm³/mol. The Morgan fingerprint density at radius 2 is 1.95 bits per heavy atom. The standard InChI is InChI=1S/C13H16F3N3O/c14-13(15,16)8-19-6-10(9-4-2-1-3-5-9)11(7-19)18-12(17)20/h1-5,10-11H,6-8H2,(H3,17,18,20)/t10-,11+/m0/s1. The van der Waals surface area contributed by atoms with Gasteiger partial charge >= 0.3 is 12.2 Å². The first-order valence-corrected chi connectivity index (χ1v) is 6.25. The Kier molecular flexibility index (Phi) is 4.17. The molecule has 1 aliphatic heterocycles. The van der Waals surface area contributed by atoms with Crippen molar-refractivity contribution in [1.29, 1.82) is 0 Å². The van der Waals surface area contributed by atoms with Gasteiger partial charge in [0.25, 0.3) is 0 Å². The molecule has 2 amide bonds. The molecule has 0 aromatic heterocycles. The Labute approximate surface area is 114 Å². The van der Waals surface area contributed by atoms with Crippen molar-refractivity contribution in [1.82, 2.24) is 10.2 Å². The lowest BCUT2D eigenvalue weighted by atomic mass is 9.94. The van der Waals surface area contributed by atoms with Gasteiger partial charge in [-0.2, -0.15) is 13.2 Å². The molecule has 2 atom stereocenters. The van der Waals surface area contributed by atoms with Crippen LogP contribution in [0.4, 0.5) is 18.0 Å². The van der Waals surface area contributed by atoms with Gasteiger partial charge in [0.1, 0.15) is 0 Å². The molecule has 1 heterocycles. The molecule has 1 aromatic carbocycles. The molecular weight excluding hydrogens is 271 g/mol. The number of nitrogens with one attached hydrogen (secondary N) is 1. The van der Waals surface area contributed by atoms with Crippen LogP contribution >= 0.6 is 0 Å². The lowest BCUT2D eigenvalue weighted by Gasteiger charge is -2.18. The van der Waals surface area contributed by atoms with E-state index in [9.17, 15) is 18.0 Å². The van der Waals surface area contributed by atoms with E-state index < -0.39 is 24.8 Å². The monoisotopic (exact) mass is 287 g/mol. The molecule has 20 heavy (non-hydrogen) atoms. The molecule has 3 N–H and O–H groups in total. The van der Waals surface area contributed by atoms with Crippen molar-refractivity contribution < 1.29 is 18.0 Å². The van der Waals surface area contributed by atoms with Crippen LogP contribution in [0.2, 0.25) is 0 Å². The second kappa shape index (κ2) is 5.70. The van der Waals surface area contributed by atoms with Gasteiger partial charge < -0.3 is 11.1 Å². The lowest BCUT2D eigenvalue weighted by molar-refractivity contribution is -0.143. The van der Waals surface area contributed by atoms with Crippen LogP contribution in [0.1, 0.15) is 11.5 Å². The minimum atomic E-state index is -4.25. The zero-order valence-corrected chi connectivity index (χ0v) is 10.7. The number of halogens is 3. The first-order chi connectivity index (χ1) is 9.35. The van der Waals surface area contributed by atoms with Crippen LogP contribution in [0.3, 0.4) is 0 Å². The Morgan fingerprint density at radius 1 is 1.30 bits per heavy atom. The lowest BCUT2D eigenvalue weighted by Crippen LogP contribution is -2.43. The SMILES string of the molecule is NC(=O)N[C@@H]1CN(CC(F)(F)F)C[C@H]1c1ccccc1. The quantitative estimate of drug-likeness (QED) is 0.888. The molecule has 1 aliphatic rings. The smallest absolute Gasteiger partial charge is 0.352 e. The maximum Gasteiger partial charge on any atom is 0.401 e. The number of nitrogens with zero attached hydrogens (tertiary/aromatic N) is 1. The molecule has 0 bridgehead atoms. The van der Waals surface area contributed by atoms with Crippen molar-refractivity contribution in [3.63, 3.8) is 0 Å². The highest BCUT2D eigenvalue weighted by Crippen LogP contribution is 2.29. The van der Waals surface area contributed by atoms with Crippen LogP contribution in [0.25, 0.3) is 0 Å². The number of benzene rings is 1. The fourth-order valence-corrected chi connectivity index (χ4v) is 2.63. The molecule has 1 fully saturated rings. The van der Waals surface area contributed by atoms with Gasteiger partial charge in [-0.1, -0.05) is 30.3 Å². The van der Waals surface area contributed by atoms with Crippen molar-refractivity contribution in [2.45, 2.75) is 18.1 Å². The summed E-state index contributed by atoms with van der Waals surface area (Å²) in [7, 11) is 0. The summed E-state index contributed by atoms with van der Waals surface area (Å²) >= 11 is 0. The Bertz CT molecular complexity index is 464. The first kappa shape index (κ1) is 14.6. The third kappa shape index (κ3) is 3.86. The van der Waals surface area contributed by atoms with E-state index in [0.717, 1.165) is 5.56 Å². The van der Waals surface area contributed by atoms with Gasteiger partial charge in [-0.15, -0.1) is 0 Å². The van der Waals surface area contributed by atoms with Gasteiger partial charge in [-0.25, -0.2) is 4.79 Å². The van der Waals surface area contributed by atoms with Crippen molar-refractivity contribution in [2.75, 3.05) is 19.6 Å². The van der Waals surface area contributed by atoms with Crippen molar-refractivity contribution >= 4 is 6.03 Å². The van der Waals surface area contributed by atoms with Gasteiger partial charge in [0.05, 0.1) is 12.6 Å². The number of urea groups is 1. The fourth-order valence-electron chi connectivity index (χ4n) is 2.63. The van der Waals surface area contributed by atoms with Crippen molar-refractivity contribution in [2.24, 2.45) is 5.73 Å². The van der Waals surface area contributed by atoms with E-state index in [-0.39, 0.29) is 19.0 Å². The highest BCUT2D eigenvalue weighted by atomic mass is 19.4. The molecule has 4 nitrogen and oxygen atoms in total. The summed E-state index contributed by atoms with van der Waals surface area (Å²) in [6, 6.07) is 8.05. The Hall–Kier alpha value is -1.76. The summed E-state index contributed by atoms with van der Waals surface area (Å²) in [6.45, 7) is -0.593. The zero-order chi connectivity index (χ0) is 14.8. The summed E-state index contributed by atoms with van der Waals surface area (Å²) in [4.78, 5) is 12.3.